The maximum absolute atomic E-state index is 5.58. The summed E-state index contributed by atoms with van der Waals surface area (Å²) in [5.74, 6) is 0. The number of ether oxygens (including phenoxy) is 2. The van der Waals surface area contributed by atoms with Gasteiger partial charge >= 0.3 is 0 Å². The van der Waals surface area contributed by atoms with Crippen LogP contribution in [0.25, 0.3) is 0 Å². The number of hydrogen-bond acceptors (Lipinski definition) is 2. The summed E-state index contributed by atoms with van der Waals surface area (Å²) in [7, 11) is 0. The van der Waals surface area contributed by atoms with Crippen molar-refractivity contribution in [2.45, 2.75) is 64.6 Å². The zero-order valence-electron chi connectivity index (χ0n) is 9.62. The Kier molecular flexibility index (Phi) is 10.0. The van der Waals surface area contributed by atoms with Crippen molar-refractivity contribution in [3.8, 4) is 0 Å². The van der Waals surface area contributed by atoms with Gasteiger partial charge in [0.1, 0.15) is 5.44 Å². The quantitative estimate of drug-likeness (QED) is 0.433. The van der Waals surface area contributed by atoms with Gasteiger partial charge in [0.25, 0.3) is 0 Å². The molecule has 2 nitrogen and oxygen atoms in total. The summed E-state index contributed by atoms with van der Waals surface area (Å²) < 4.78 is 11.1. The van der Waals surface area contributed by atoms with E-state index in [1.165, 1.54) is 0 Å². The van der Waals surface area contributed by atoms with E-state index in [4.69, 9.17) is 22.1 Å². The molecule has 0 aliphatic carbocycles. The molecule has 85 valence electrons. The summed E-state index contributed by atoms with van der Waals surface area (Å²) in [4.78, 5) is 0. The highest BCUT2D eigenvalue weighted by molar-refractivity contribution is 7.80. The van der Waals surface area contributed by atoms with Crippen molar-refractivity contribution in [3.63, 3.8) is 0 Å². The fourth-order valence-electron chi connectivity index (χ4n) is 1.09. The molecule has 0 aliphatic rings. The molecule has 0 bridgehead atoms. The van der Waals surface area contributed by atoms with Gasteiger partial charge in [0.15, 0.2) is 6.29 Å². The Morgan fingerprint density at radius 1 is 1.14 bits per heavy atom. The Morgan fingerprint density at radius 2 is 1.86 bits per heavy atom. The van der Waals surface area contributed by atoms with Crippen molar-refractivity contribution < 1.29 is 9.47 Å². The third-order valence-corrected chi connectivity index (χ3v) is 2.31. The molecule has 0 spiro atoms. The van der Waals surface area contributed by atoms with Gasteiger partial charge in [-0.1, -0.05) is 46.2 Å². The highest BCUT2D eigenvalue weighted by atomic mass is 32.1. The van der Waals surface area contributed by atoms with Crippen molar-refractivity contribution >= 4 is 12.6 Å². The van der Waals surface area contributed by atoms with E-state index in [1.54, 1.807) is 0 Å². The van der Waals surface area contributed by atoms with E-state index in [9.17, 15) is 0 Å². The first-order valence-electron chi connectivity index (χ1n) is 5.67. The van der Waals surface area contributed by atoms with E-state index in [1.807, 2.05) is 0 Å². The second-order valence-corrected chi connectivity index (χ2v) is 3.94. The fraction of sp³-hybridized carbons (Fsp3) is 1.00. The lowest BCUT2D eigenvalue weighted by Crippen LogP contribution is -2.21. The van der Waals surface area contributed by atoms with Gasteiger partial charge in [-0.15, -0.1) is 0 Å². The van der Waals surface area contributed by atoms with Crippen LogP contribution in [0.2, 0.25) is 0 Å². The van der Waals surface area contributed by atoms with Crippen LogP contribution in [0.15, 0.2) is 0 Å². The third-order valence-electron chi connectivity index (χ3n) is 1.96. The van der Waals surface area contributed by atoms with Crippen LogP contribution < -0.4 is 0 Å². The topological polar surface area (TPSA) is 18.5 Å². The van der Waals surface area contributed by atoms with Gasteiger partial charge in [0, 0.05) is 6.61 Å². The molecule has 0 heterocycles. The zero-order valence-corrected chi connectivity index (χ0v) is 10.4. The van der Waals surface area contributed by atoms with Crippen LogP contribution in [0, 0.1) is 0 Å². The van der Waals surface area contributed by atoms with Crippen LogP contribution in [0.1, 0.15) is 52.9 Å². The summed E-state index contributed by atoms with van der Waals surface area (Å²) in [5.41, 5.74) is -0.0911. The van der Waals surface area contributed by atoms with Gasteiger partial charge in [-0.2, -0.15) is 0 Å². The summed E-state index contributed by atoms with van der Waals surface area (Å²) >= 11 is 5.16. The molecule has 14 heavy (non-hydrogen) atoms. The van der Waals surface area contributed by atoms with Crippen LogP contribution in [0.5, 0.6) is 0 Å². The van der Waals surface area contributed by atoms with E-state index in [0.29, 0.717) is 0 Å². The highest BCUT2D eigenvalue weighted by Gasteiger charge is 2.11. The van der Waals surface area contributed by atoms with Crippen LogP contribution in [0.4, 0.5) is 0 Å². The summed E-state index contributed by atoms with van der Waals surface area (Å²) in [6.45, 7) is 7.10. The smallest absolute Gasteiger partial charge is 0.158 e. The van der Waals surface area contributed by atoms with Crippen LogP contribution >= 0.6 is 12.6 Å². The molecule has 0 fully saturated rings. The molecule has 0 aromatic rings. The minimum atomic E-state index is -0.101. The summed E-state index contributed by atoms with van der Waals surface area (Å²) in [6.07, 6.45) is 5.03. The van der Waals surface area contributed by atoms with Crippen molar-refractivity contribution in [2.75, 3.05) is 6.61 Å². The van der Waals surface area contributed by atoms with Gasteiger partial charge in [-0.25, -0.2) is 0 Å². The molecule has 0 aliphatic heterocycles. The largest absolute Gasteiger partial charge is 0.353 e. The molecule has 2 atom stereocenters. The summed E-state index contributed by atoms with van der Waals surface area (Å²) in [6, 6.07) is 0. The Hall–Kier alpha value is 0.270. The minimum absolute atomic E-state index is 0.0911. The molecule has 1 radical (unpaired) electrons. The molecule has 2 unspecified atom stereocenters. The fourth-order valence-corrected chi connectivity index (χ4v) is 1.45. The number of unbranched alkanes of at least 4 members (excludes halogenated alkanes) is 1. The highest BCUT2D eigenvalue weighted by Crippen LogP contribution is 2.12. The predicted octanol–water partition coefficient (Wildman–Crippen LogP) is 3.88. The molecular formula is C11H23O2S. The van der Waals surface area contributed by atoms with E-state index < -0.39 is 0 Å². The zero-order chi connectivity index (χ0) is 10.8. The van der Waals surface area contributed by atoms with Gasteiger partial charge in [0.2, 0.25) is 0 Å². The molecule has 0 rings (SSSR count). The van der Waals surface area contributed by atoms with Crippen molar-refractivity contribution in [2.24, 2.45) is 0 Å². The maximum Gasteiger partial charge on any atom is 0.158 e. The summed E-state index contributed by atoms with van der Waals surface area (Å²) in [5, 5.41) is 0. The second kappa shape index (κ2) is 9.81. The van der Waals surface area contributed by atoms with Crippen LogP contribution in [0.3, 0.4) is 0 Å². The lowest BCUT2D eigenvalue weighted by atomic mass is 10.3. The molecule has 0 aromatic heterocycles. The monoisotopic (exact) mass is 219 g/mol. The molecule has 0 amide bonds. The van der Waals surface area contributed by atoms with E-state index in [-0.39, 0.29) is 11.7 Å². The standard InChI is InChI=1S/C11H23O2S/c1-4-7-9-12-10(6-3)13-11(14)8-5-2/h10-11H,4-9H2,1-3H3. The van der Waals surface area contributed by atoms with E-state index in [2.05, 4.69) is 20.8 Å². The Labute approximate surface area is 93.8 Å². The Morgan fingerprint density at radius 3 is 2.36 bits per heavy atom. The maximum atomic E-state index is 5.58. The van der Waals surface area contributed by atoms with Gasteiger partial charge in [0.05, 0.1) is 0 Å². The van der Waals surface area contributed by atoms with Crippen LogP contribution in [-0.2, 0) is 9.47 Å². The number of rotatable bonds is 9. The van der Waals surface area contributed by atoms with E-state index in [0.717, 1.165) is 38.7 Å². The first-order valence-corrected chi connectivity index (χ1v) is 6.14. The Bertz CT molecular complexity index is 120. The van der Waals surface area contributed by atoms with Crippen molar-refractivity contribution in [1.29, 1.82) is 0 Å². The average Bonchev–Trinajstić information content (AvgIpc) is 2.17. The van der Waals surface area contributed by atoms with Crippen molar-refractivity contribution in [3.05, 3.63) is 0 Å². The first-order chi connectivity index (χ1) is 6.74. The van der Waals surface area contributed by atoms with Crippen molar-refractivity contribution in [1.82, 2.24) is 0 Å². The Balaban J connectivity index is 3.55. The molecule has 0 N–H and O–H groups in total. The SMILES string of the molecule is CCCCOC(CC)OC([S])CCC. The molecular weight excluding hydrogens is 196 g/mol. The molecule has 0 saturated carbocycles. The van der Waals surface area contributed by atoms with Gasteiger partial charge in [-0.3, -0.25) is 0 Å². The third kappa shape index (κ3) is 7.65. The van der Waals surface area contributed by atoms with Gasteiger partial charge in [-0.05, 0) is 19.3 Å². The number of hydrogen-bond donors (Lipinski definition) is 0. The molecule has 0 aromatic carbocycles. The van der Waals surface area contributed by atoms with E-state index >= 15 is 0 Å². The first kappa shape index (κ1) is 14.3. The second-order valence-electron chi connectivity index (χ2n) is 3.42. The molecule has 0 saturated heterocycles. The van der Waals surface area contributed by atoms with Gasteiger partial charge < -0.3 is 9.47 Å². The normalized spacial score (nSPS) is 15.4. The predicted molar refractivity (Wildman–Crippen MR) is 62.3 cm³/mol. The average molecular weight is 219 g/mol. The minimum Gasteiger partial charge on any atom is -0.353 e. The molecule has 3 heteroatoms. The van der Waals surface area contributed by atoms with Crippen LogP contribution in [-0.4, -0.2) is 18.3 Å². The lowest BCUT2D eigenvalue weighted by Gasteiger charge is -2.20. The lowest BCUT2D eigenvalue weighted by molar-refractivity contribution is -0.152.